The van der Waals surface area contributed by atoms with Crippen LogP contribution in [0.25, 0.3) is 0 Å². The zero-order valence-electron chi connectivity index (χ0n) is 15.5. The van der Waals surface area contributed by atoms with Crippen molar-refractivity contribution in [2.24, 2.45) is 29.1 Å². The standard InChI is InChI=1S/C19H32N2O3S/c1-13(19-9-14-6-15(10-19)8-16(7-14)11-19)20-18(22)17-4-3-5-21(12-17)25(2,23)24/h13-17H,3-12H2,1-2H3,(H,20,22)/t13-,14?,15?,16?,17-,19?/m0/s1. The van der Waals surface area contributed by atoms with Gasteiger partial charge in [0.25, 0.3) is 0 Å². The van der Waals surface area contributed by atoms with E-state index in [0.29, 0.717) is 18.5 Å². The number of piperidine rings is 1. The first-order valence-corrected chi connectivity index (χ1v) is 11.9. The lowest BCUT2D eigenvalue weighted by atomic mass is 9.48. The minimum absolute atomic E-state index is 0.0663. The van der Waals surface area contributed by atoms with Gasteiger partial charge in [0.05, 0.1) is 12.2 Å². The molecule has 0 spiro atoms. The van der Waals surface area contributed by atoms with Crippen LogP contribution in [-0.2, 0) is 14.8 Å². The third kappa shape index (κ3) is 3.36. The lowest BCUT2D eigenvalue weighted by Crippen LogP contribution is -2.57. The van der Waals surface area contributed by atoms with E-state index in [-0.39, 0.29) is 17.9 Å². The second-order valence-electron chi connectivity index (χ2n) is 9.47. The van der Waals surface area contributed by atoms with E-state index < -0.39 is 10.0 Å². The van der Waals surface area contributed by atoms with Gasteiger partial charge in [-0.2, -0.15) is 0 Å². The molecule has 0 radical (unpaired) electrons. The zero-order chi connectivity index (χ0) is 17.8. The van der Waals surface area contributed by atoms with Crippen molar-refractivity contribution < 1.29 is 13.2 Å². The van der Waals surface area contributed by atoms with Gasteiger partial charge >= 0.3 is 0 Å². The van der Waals surface area contributed by atoms with Crippen LogP contribution in [0, 0.1) is 29.1 Å². The molecule has 4 saturated carbocycles. The number of nitrogens with zero attached hydrogens (tertiary/aromatic N) is 1. The largest absolute Gasteiger partial charge is 0.353 e. The van der Waals surface area contributed by atoms with Crippen LogP contribution in [0.5, 0.6) is 0 Å². The molecule has 0 unspecified atom stereocenters. The summed E-state index contributed by atoms with van der Waals surface area (Å²) in [4.78, 5) is 12.8. The number of sulfonamides is 1. The zero-order valence-corrected chi connectivity index (χ0v) is 16.4. The molecule has 6 heteroatoms. The van der Waals surface area contributed by atoms with E-state index in [4.69, 9.17) is 0 Å². The number of carbonyl (C=O) groups excluding carboxylic acids is 1. The molecule has 5 rings (SSSR count). The molecule has 1 amide bonds. The molecule has 5 nitrogen and oxygen atoms in total. The van der Waals surface area contributed by atoms with Crippen molar-refractivity contribution in [2.45, 2.75) is 64.3 Å². The van der Waals surface area contributed by atoms with Gasteiger partial charge in [-0.3, -0.25) is 4.79 Å². The van der Waals surface area contributed by atoms with Crippen LogP contribution in [-0.4, -0.2) is 44.0 Å². The average Bonchev–Trinajstić information content (AvgIpc) is 2.53. The Morgan fingerprint density at radius 1 is 1.12 bits per heavy atom. The maximum atomic E-state index is 12.8. The fraction of sp³-hybridized carbons (Fsp3) is 0.947. The summed E-state index contributed by atoms with van der Waals surface area (Å²) in [5, 5.41) is 3.32. The maximum Gasteiger partial charge on any atom is 0.224 e. The smallest absolute Gasteiger partial charge is 0.224 e. The minimum Gasteiger partial charge on any atom is -0.353 e. The van der Waals surface area contributed by atoms with E-state index in [1.807, 2.05) is 0 Å². The van der Waals surface area contributed by atoms with Crippen molar-refractivity contribution >= 4 is 15.9 Å². The molecule has 5 aliphatic rings. The Bertz CT molecular complexity index is 610. The monoisotopic (exact) mass is 368 g/mol. The first-order chi connectivity index (χ1) is 11.7. The van der Waals surface area contributed by atoms with Crippen LogP contribution in [0.3, 0.4) is 0 Å². The number of hydrogen-bond acceptors (Lipinski definition) is 3. The predicted octanol–water partition coefficient (Wildman–Crippen LogP) is 2.38. The molecule has 1 heterocycles. The quantitative estimate of drug-likeness (QED) is 0.828. The van der Waals surface area contributed by atoms with Gasteiger partial charge in [0.1, 0.15) is 0 Å². The Kier molecular flexibility index (Phi) is 4.42. The summed E-state index contributed by atoms with van der Waals surface area (Å²) in [7, 11) is -3.20. The van der Waals surface area contributed by atoms with Crippen molar-refractivity contribution in [2.75, 3.05) is 19.3 Å². The van der Waals surface area contributed by atoms with Crippen molar-refractivity contribution in [1.29, 1.82) is 0 Å². The molecule has 25 heavy (non-hydrogen) atoms. The Morgan fingerprint density at radius 3 is 2.20 bits per heavy atom. The van der Waals surface area contributed by atoms with Gasteiger partial charge in [-0.25, -0.2) is 12.7 Å². The van der Waals surface area contributed by atoms with E-state index >= 15 is 0 Å². The highest BCUT2D eigenvalue weighted by Crippen LogP contribution is 2.61. The summed E-state index contributed by atoms with van der Waals surface area (Å²) < 4.78 is 25.1. The lowest BCUT2D eigenvalue weighted by molar-refractivity contribution is -0.130. The molecule has 0 aromatic rings. The molecule has 5 fully saturated rings. The van der Waals surface area contributed by atoms with E-state index in [1.165, 1.54) is 49.1 Å². The summed E-state index contributed by atoms with van der Waals surface area (Å²) >= 11 is 0. The van der Waals surface area contributed by atoms with Gasteiger partial charge in [0, 0.05) is 19.1 Å². The van der Waals surface area contributed by atoms with Gasteiger partial charge in [-0.05, 0) is 81.5 Å². The van der Waals surface area contributed by atoms with Crippen LogP contribution in [0.15, 0.2) is 0 Å². The molecule has 1 N–H and O–H groups in total. The highest BCUT2D eigenvalue weighted by atomic mass is 32.2. The molecule has 2 atom stereocenters. The fourth-order valence-corrected chi connectivity index (χ4v) is 7.56. The Hall–Kier alpha value is -0.620. The van der Waals surface area contributed by atoms with Gasteiger partial charge in [-0.1, -0.05) is 0 Å². The normalized spacial score (nSPS) is 42.3. The van der Waals surface area contributed by atoms with E-state index in [0.717, 1.165) is 30.6 Å². The van der Waals surface area contributed by atoms with Gasteiger partial charge in [0.2, 0.25) is 15.9 Å². The molecular formula is C19H32N2O3S. The number of carbonyl (C=O) groups is 1. The fourth-order valence-electron chi connectivity index (χ4n) is 6.65. The summed E-state index contributed by atoms with van der Waals surface area (Å²) in [6.07, 6.45) is 10.9. The molecule has 142 valence electrons. The minimum atomic E-state index is -3.20. The molecule has 4 aliphatic carbocycles. The van der Waals surface area contributed by atoms with Gasteiger partial charge in [0.15, 0.2) is 0 Å². The van der Waals surface area contributed by atoms with Crippen molar-refractivity contribution in [3.05, 3.63) is 0 Å². The van der Waals surface area contributed by atoms with Crippen LogP contribution in [0.2, 0.25) is 0 Å². The second-order valence-corrected chi connectivity index (χ2v) is 11.5. The number of hydrogen-bond donors (Lipinski definition) is 1. The number of amides is 1. The van der Waals surface area contributed by atoms with Crippen molar-refractivity contribution in [1.82, 2.24) is 9.62 Å². The number of rotatable bonds is 4. The maximum absolute atomic E-state index is 12.8. The van der Waals surface area contributed by atoms with Gasteiger partial charge in [-0.15, -0.1) is 0 Å². The molecule has 0 aromatic heterocycles. The van der Waals surface area contributed by atoms with Crippen LogP contribution in [0.4, 0.5) is 0 Å². The highest BCUT2D eigenvalue weighted by molar-refractivity contribution is 7.88. The Balaban J connectivity index is 1.41. The Morgan fingerprint density at radius 2 is 1.68 bits per heavy atom. The van der Waals surface area contributed by atoms with Crippen LogP contribution >= 0.6 is 0 Å². The van der Waals surface area contributed by atoms with E-state index in [2.05, 4.69) is 12.2 Å². The molecule has 1 saturated heterocycles. The van der Waals surface area contributed by atoms with E-state index in [9.17, 15) is 13.2 Å². The third-order valence-corrected chi connectivity index (χ3v) is 8.86. The summed E-state index contributed by atoms with van der Waals surface area (Å²) in [6, 6.07) is 0.210. The first-order valence-electron chi connectivity index (χ1n) is 10.0. The molecular weight excluding hydrogens is 336 g/mol. The summed E-state index contributed by atoms with van der Waals surface area (Å²) in [5.74, 6) is 2.50. The summed E-state index contributed by atoms with van der Waals surface area (Å²) in [6.45, 7) is 3.09. The number of nitrogens with one attached hydrogen (secondary N) is 1. The first kappa shape index (κ1) is 17.8. The molecule has 4 bridgehead atoms. The molecule has 0 aromatic carbocycles. The topological polar surface area (TPSA) is 66.5 Å². The molecule has 1 aliphatic heterocycles. The van der Waals surface area contributed by atoms with E-state index in [1.54, 1.807) is 0 Å². The SMILES string of the molecule is C[C@H](NC(=O)[C@H]1CCCN(S(C)(=O)=O)C1)C12CC3CC(CC(C3)C1)C2. The average molecular weight is 369 g/mol. The predicted molar refractivity (Wildman–Crippen MR) is 97.4 cm³/mol. The highest BCUT2D eigenvalue weighted by Gasteiger charge is 2.53. The lowest BCUT2D eigenvalue weighted by Gasteiger charge is -2.59. The second kappa shape index (κ2) is 6.22. The van der Waals surface area contributed by atoms with Crippen LogP contribution < -0.4 is 5.32 Å². The van der Waals surface area contributed by atoms with Crippen molar-refractivity contribution in [3.63, 3.8) is 0 Å². The summed E-state index contributed by atoms with van der Waals surface area (Å²) in [5.41, 5.74) is 0.301. The van der Waals surface area contributed by atoms with Crippen LogP contribution in [0.1, 0.15) is 58.3 Å². The van der Waals surface area contributed by atoms with Crippen molar-refractivity contribution in [3.8, 4) is 0 Å². The third-order valence-electron chi connectivity index (χ3n) is 7.59. The van der Waals surface area contributed by atoms with Gasteiger partial charge < -0.3 is 5.32 Å². The Labute approximate surface area is 152 Å².